The first kappa shape index (κ1) is 24.6. The average Bonchev–Trinajstić information content (AvgIpc) is 3.11. The summed E-state index contributed by atoms with van der Waals surface area (Å²) in [5.41, 5.74) is -1.31. The Morgan fingerprint density at radius 2 is 1.58 bits per heavy atom. The third-order valence-electron chi connectivity index (χ3n) is 5.38. The number of nitrogens with zero attached hydrogens (tertiary/aromatic N) is 1. The van der Waals surface area contributed by atoms with Gasteiger partial charge in [0.25, 0.3) is 11.8 Å². The van der Waals surface area contributed by atoms with Crippen molar-refractivity contribution in [1.82, 2.24) is 0 Å². The van der Waals surface area contributed by atoms with Crippen LogP contribution in [0.4, 0.5) is 18.9 Å². The van der Waals surface area contributed by atoms with Gasteiger partial charge in [0.05, 0.1) is 34.5 Å². The number of fused-ring (bicyclic) bond motifs is 1. The number of carbonyl (C=O) groups excluding carboxylic acids is 4. The van der Waals surface area contributed by atoms with E-state index in [1.807, 2.05) is 0 Å². The molecular formula is C26H18F3NO6. The second-order valence-corrected chi connectivity index (χ2v) is 7.70. The van der Waals surface area contributed by atoms with Crippen molar-refractivity contribution in [2.75, 3.05) is 11.5 Å². The number of rotatable bonds is 6. The van der Waals surface area contributed by atoms with E-state index in [1.54, 1.807) is 37.3 Å². The summed E-state index contributed by atoms with van der Waals surface area (Å²) < 4.78 is 49.7. The number of imide groups is 1. The van der Waals surface area contributed by atoms with E-state index >= 15 is 0 Å². The molecule has 1 aliphatic heterocycles. The second-order valence-electron chi connectivity index (χ2n) is 7.70. The molecule has 0 radical (unpaired) electrons. The molecule has 184 valence electrons. The number of benzene rings is 3. The average molecular weight is 497 g/mol. The van der Waals surface area contributed by atoms with Gasteiger partial charge in [-0.3, -0.25) is 9.59 Å². The number of esters is 2. The molecule has 0 saturated carbocycles. The second kappa shape index (κ2) is 9.65. The Hall–Kier alpha value is -4.47. The van der Waals surface area contributed by atoms with Crippen LogP contribution in [-0.2, 0) is 20.4 Å². The quantitative estimate of drug-likeness (QED) is 0.353. The topological polar surface area (TPSA) is 90.0 Å². The lowest BCUT2D eigenvalue weighted by atomic mass is 10.1. The van der Waals surface area contributed by atoms with Crippen molar-refractivity contribution in [3.05, 3.63) is 101 Å². The number of amides is 2. The molecular weight excluding hydrogens is 479 g/mol. The Morgan fingerprint density at radius 1 is 0.889 bits per heavy atom. The van der Waals surface area contributed by atoms with Crippen molar-refractivity contribution in [3.8, 4) is 0 Å². The van der Waals surface area contributed by atoms with Gasteiger partial charge in [-0.25, -0.2) is 14.5 Å². The van der Waals surface area contributed by atoms with Crippen LogP contribution in [-0.4, -0.2) is 30.4 Å². The van der Waals surface area contributed by atoms with Gasteiger partial charge >= 0.3 is 18.1 Å². The molecule has 7 nitrogen and oxygen atoms in total. The molecule has 1 aliphatic rings. The number of carbonyl (C=O) groups is 4. The van der Waals surface area contributed by atoms with Gasteiger partial charge < -0.3 is 9.47 Å². The van der Waals surface area contributed by atoms with Crippen LogP contribution >= 0.6 is 0 Å². The minimum absolute atomic E-state index is 0.0561. The molecule has 0 N–H and O–H groups in total. The molecule has 2 amide bonds. The predicted molar refractivity (Wildman–Crippen MR) is 120 cm³/mol. The Bertz CT molecular complexity index is 1350. The smallest absolute Gasteiger partial charge is 0.416 e. The molecule has 0 unspecified atom stereocenters. The summed E-state index contributed by atoms with van der Waals surface area (Å²) in [6, 6.07) is 15.5. The fourth-order valence-corrected chi connectivity index (χ4v) is 3.70. The first-order valence-corrected chi connectivity index (χ1v) is 10.7. The van der Waals surface area contributed by atoms with E-state index in [0.717, 1.165) is 18.2 Å². The van der Waals surface area contributed by atoms with E-state index in [9.17, 15) is 32.3 Å². The van der Waals surface area contributed by atoms with Crippen LogP contribution in [0.25, 0.3) is 0 Å². The number of hydrogen-bond donors (Lipinski definition) is 0. The van der Waals surface area contributed by atoms with Gasteiger partial charge in [0, 0.05) is 5.56 Å². The van der Waals surface area contributed by atoms with E-state index in [4.69, 9.17) is 9.47 Å². The van der Waals surface area contributed by atoms with E-state index in [1.165, 1.54) is 18.2 Å². The normalized spacial score (nSPS) is 13.8. The fraction of sp³-hybridized carbons (Fsp3) is 0.154. The molecule has 3 aromatic carbocycles. The molecule has 4 rings (SSSR count). The molecule has 0 aromatic heterocycles. The first-order chi connectivity index (χ1) is 17.1. The summed E-state index contributed by atoms with van der Waals surface area (Å²) in [6.45, 7) is 1.65. The van der Waals surface area contributed by atoms with Crippen molar-refractivity contribution >= 4 is 29.4 Å². The van der Waals surface area contributed by atoms with Crippen LogP contribution in [0.3, 0.4) is 0 Å². The van der Waals surface area contributed by atoms with E-state index in [-0.39, 0.29) is 29.0 Å². The molecule has 1 heterocycles. The molecule has 1 atom stereocenters. The molecule has 0 bridgehead atoms. The number of hydrogen-bond acceptors (Lipinski definition) is 6. The Balaban J connectivity index is 1.62. The summed E-state index contributed by atoms with van der Waals surface area (Å²) in [4.78, 5) is 51.7. The summed E-state index contributed by atoms with van der Waals surface area (Å²) in [6.07, 6.45) is -6.04. The highest BCUT2D eigenvalue weighted by molar-refractivity contribution is 6.34. The maximum Gasteiger partial charge on any atom is 0.416 e. The van der Waals surface area contributed by atoms with Crippen LogP contribution in [0.2, 0.25) is 0 Å². The van der Waals surface area contributed by atoms with Crippen molar-refractivity contribution in [1.29, 1.82) is 0 Å². The summed E-state index contributed by atoms with van der Waals surface area (Å²) in [5, 5.41) is 0. The zero-order chi connectivity index (χ0) is 26.0. The number of anilines is 1. The third-order valence-corrected chi connectivity index (χ3v) is 5.38. The van der Waals surface area contributed by atoms with Crippen molar-refractivity contribution in [2.45, 2.75) is 19.2 Å². The van der Waals surface area contributed by atoms with Crippen LogP contribution in [0.1, 0.15) is 55.2 Å². The van der Waals surface area contributed by atoms with Gasteiger partial charge in [-0.2, -0.15) is 13.2 Å². The highest BCUT2D eigenvalue weighted by atomic mass is 19.4. The molecule has 3 aromatic rings. The molecule has 0 aliphatic carbocycles. The minimum atomic E-state index is -4.67. The SMILES string of the molecule is CCOC(=O)[C@H](OC(=O)c1ccc2c(c1)C(=O)N(c1cccc(C(F)(F)F)c1)C2=O)c1ccccc1. The molecule has 10 heteroatoms. The highest BCUT2D eigenvalue weighted by Crippen LogP contribution is 2.35. The van der Waals surface area contributed by atoms with Crippen molar-refractivity contribution in [2.24, 2.45) is 0 Å². The largest absolute Gasteiger partial charge is 0.463 e. The third kappa shape index (κ3) is 4.70. The summed E-state index contributed by atoms with van der Waals surface area (Å²) in [7, 11) is 0. The van der Waals surface area contributed by atoms with E-state index < -0.39 is 41.6 Å². The van der Waals surface area contributed by atoms with Crippen LogP contribution < -0.4 is 4.90 Å². The number of alkyl halides is 3. The van der Waals surface area contributed by atoms with Crippen LogP contribution in [0.15, 0.2) is 72.8 Å². The zero-order valence-electron chi connectivity index (χ0n) is 18.7. The Morgan fingerprint density at radius 3 is 2.25 bits per heavy atom. The van der Waals surface area contributed by atoms with Crippen molar-refractivity contribution in [3.63, 3.8) is 0 Å². The lowest BCUT2D eigenvalue weighted by molar-refractivity contribution is -0.154. The monoisotopic (exact) mass is 497 g/mol. The zero-order valence-corrected chi connectivity index (χ0v) is 18.7. The molecule has 36 heavy (non-hydrogen) atoms. The molecule has 0 spiro atoms. The summed E-state index contributed by atoms with van der Waals surface area (Å²) >= 11 is 0. The fourth-order valence-electron chi connectivity index (χ4n) is 3.70. The standard InChI is InChI=1S/C26H18F3NO6/c1-2-35-25(34)21(15-7-4-3-5-8-15)36-24(33)16-11-12-19-20(13-16)23(32)30(22(19)31)18-10-6-9-17(14-18)26(27,28)29/h3-14,21H,2H2,1H3/t21-/m1/s1. The molecule has 0 saturated heterocycles. The van der Waals surface area contributed by atoms with Gasteiger partial charge in [0.2, 0.25) is 6.10 Å². The number of ether oxygens (including phenoxy) is 2. The number of halogens is 3. The first-order valence-electron chi connectivity index (χ1n) is 10.7. The minimum Gasteiger partial charge on any atom is -0.463 e. The maximum absolute atomic E-state index is 13.1. The maximum atomic E-state index is 13.1. The van der Waals surface area contributed by atoms with Gasteiger partial charge in [-0.05, 0) is 43.3 Å². The lowest BCUT2D eigenvalue weighted by Crippen LogP contribution is -2.29. The van der Waals surface area contributed by atoms with Gasteiger partial charge in [0.15, 0.2) is 0 Å². The lowest BCUT2D eigenvalue weighted by Gasteiger charge is -2.17. The van der Waals surface area contributed by atoms with Gasteiger partial charge in [0.1, 0.15) is 0 Å². The van der Waals surface area contributed by atoms with E-state index in [2.05, 4.69) is 0 Å². The summed E-state index contributed by atoms with van der Waals surface area (Å²) in [5.74, 6) is -3.48. The molecule has 0 fully saturated rings. The van der Waals surface area contributed by atoms with E-state index in [0.29, 0.717) is 16.5 Å². The Labute approximate surface area is 203 Å². The van der Waals surface area contributed by atoms with Crippen LogP contribution in [0.5, 0.6) is 0 Å². The Kier molecular flexibility index (Phi) is 6.61. The van der Waals surface area contributed by atoms with Gasteiger partial charge in [-0.1, -0.05) is 36.4 Å². The van der Waals surface area contributed by atoms with Crippen molar-refractivity contribution < 1.29 is 41.8 Å². The highest BCUT2D eigenvalue weighted by Gasteiger charge is 2.39. The predicted octanol–water partition coefficient (Wildman–Crippen LogP) is 4.97. The van der Waals surface area contributed by atoms with Gasteiger partial charge in [-0.15, -0.1) is 0 Å². The van der Waals surface area contributed by atoms with Crippen LogP contribution in [0, 0.1) is 0 Å².